The Labute approximate surface area is 165 Å². The number of amides is 1. The molecule has 9 heteroatoms. The molecule has 1 aromatic carbocycles. The molecule has 5 rings (SSSR count). The number of carbonyl (C=O) groups excluding carboxylic acids is 1. The first-order valence-corrected chi connectivity index (χ1v) is 9.85. The van der Waals surface area contributed by atoms with Crippen LogP contribution in [0.15, 0.2) is 54.6 Å². The highest BCUT2D eigenvalue weighted by atomic mass is 32.1. The van der Waals surface area contributed by atoms with Crippen LogP contribution in [0.5, 0.6) is 0 Å². The van der Waals surface area contributed by atoms with E-state index < -0.39 is 0 Å². The van der Waals surface area contributed by atoms with Crippen LogP contribution < -0.4 is 4.90 Å². The fourth-order valence-corrected chi connectivity index (χ4v) is 4.04. The highest BCUT2D eigenvalue weighted by Gasteiger charge is 2.23. The lowest BCUT2D eigenvalue weighted by Gasteiger charge is -2.35. The van der Waals surface area contributed by atoms with Gasteiger partial charge in [-0.1, -0.05) is 0 Å². The van der Waals surface area contributed by atoms with E-state index >= 15 is 0 Å². The quantitative estimate of drug-likeness (QED) is 0.533. The predicted molar refractivity (Wildman–Crippen MR) is 107 cm³/mol. The van der Waals surface area contributed by atoms with Gasteiger partial charge in [-0.3, -0.25) is 9.36 Å². The van der Waals surface area contributed by atoms with Crippen molar-refractivity contribution in [1.29, 1.82) is 0 Å². The third-order valence-electron chi connectivity index (χ3n) is 4.87. The van der Waals surface area contributed by atoms with Gasteiger partial charge in [-0.25, -0.2) is 9.97 Å². The monoisotopic (exact) mass is 391 g/mol. The molecule has 0 unspecified atom stereocenters. The molecule has 0 bridgehead atoms. The molecule has 0 N–H and O–H groups in total. The maximum absolute atomic E-state index is 12.8. The molecule has 1 aliphatic heterocycles. The van der Waals surface area contributed by atoms with E-state index in [2.05, 4.69) is 25.1 Å². The fourth-order valence-electron chi connectivity index (χ4n) is 3.33. The number of imidazole rings is 1. The van der Waals surface area contributed by atoms with E-state index in [4.69, 9.17) is 0 Å². The van der Waals surface area contributed by atoms with Crippen molar-refractivity contribution in [2.75, 3.05) is 31.1 Å². The van der Waals surface area contributed by atoms with Crippen molar-refractivity contribution >= 4 is 33.3 Å². The number of anilines is 1. The van der Waals surface area contributed by atoms with E-state index in [1.54, 1.807) is 29.4 Å². The first kappa shape index (κ1) is 16.8. The average molecular weight is 391 g/mol. The Hall–Kier alpha value is -3.33. The Balaban J connectivity index is 1.25. The summed E-state index contributed by atoms with van der Waals surface area (Å²) in [5, 5.41) is 8.60. The molecule has 4 aromatic rings. The van der Waals surface area contributed by atoms with E-state index in [0.29, 0.717) is 13.1 Å². The summed E-state index contributed by atoms with van der Waals surface area (Å²) in [6.45, 7) is 2.77. The molecule has 8 nitrogen and oxygen atoms in total. The van der Waals surface area contributed by atoms with Crippen LogP contribution in [0.3, 0.4) is 0 Å². The lowest BCUT2D eigenvalue weighted by molar-refractivity contribution is 0.0746. The molecule has 140 valence electrons. The van der Waals surface area contributed by atoms with Crippen molar-refractivity contribution in [2.24, 2.45) is 0 Å². The molecule has 1 aliphatic rings. The molecule has 1 amide bonds. The van der Waals surface area contributed by atoms with Crippen molar-refractivity contribution < 1.29 is 4.79 Å². The number of hydrogen-bond donors (Lipinski definition) is 0. The van der Waals surface area contributed by atoms with Gasteiger partial charge in [0.1, 0.15) is 6.33 Å². The SMILES string of the molecule is O=C(c1ccc2ncsc2c1)N1CCN(c2ccc(-n3ccnc3)nn2)CC1. The molecular weight excluding hydrogens is 374 g/mol. The molecule has 0 atom stereocenters. The van der Waals surface area contributed by atoms with Crippen LogP contribution in [0.2, 0.25) is 0 Å². The van der Waals surface area contributed by atoms with E-state index in [1.165, 1.54) is 0 Å². The molecule has 28 heavy (non-hydrogen) atoms. The van der Waals surface area contributed by atoms with E-state index in [0.717, 1.165) is 40.5 Å². The van der Waals surface area contributed by atoms with Gasteiger partial charge in [0.15, 0.2) is 11.6 Å². The summed E-state index contributed by atoms with van der Waals surface area (Å²) >= 11 is 1.55. The average Bonchev–Trinajstić information content (AvgIpc) is 3.45. The first-order valence-electron chi connectivity index (χ1n) is 8.97. The van der Waals surface area contributed by atoms with Crippen molar-refractivity contribution in [3.05, 3.63) is 60.1 Å². The molecule has 0 saturated carbocycles. The summed E-state index contributed by atoms with van der Waals surface area (Å²) in [7, 11) is 0. The number of piperazine rings is 1. The van der Waals surface area contributed by atoms with Gasteiger partial charge in [-0.2, -0.15) is 0 Å². The Morgan fingerprint density at radius 3 is 2.57 bits per heavy atom. The van der Waals surface area contributed by atoms with E-state index in [9.17, 15) is 4.79 Å². The van der Waals surface area contributed by atoms with Crippen LogP contribution in [0.4, 0.5) is 5.82 Å². The summed E-state index contributed by atoms with van der Waals surface area (Å²) in [5.74, 6) is 1.62. The standard InChI is InChI=1S/C19H17N7OS/c27-19(14-1-2-15-16(11-14)28-13-21-15)25-9-7-24(8-10-25)17-3-4-18(23-22-17)26-6-5-20-12-26/h1-6,11-13H,7-10H2. The van der Waals surface area contributed by atoms with Gasteiger partial charge in [-0.15, -0.1) is 21.5 Å². The number of benzene rings is 1. The van der Waals surface area contributed by atoms with E-state index in [-0.39, 0.29) is 5.91 Å². The van der Waals surface area contributed by atoms with Crippen LogP contribution in [0, 0.1) is 0 Å². The van der Waals surface area contributed by atoms with Gasteiger partial charge in [0.25, 0.3) is 5.91 Å². The normalized spacial score (nSPS) is 14.6. The van der Waals surface area contributed by atoms with Gasteiger partial charge in [0, 0.05) is 44.1 Å². The van der Waals surface area contributed by atoms with Crippen LogP contribution in [-0.4, -0.2) is 61.7 Å². The minimum atomic E-state index is 0.0662. The Kier molecular flexibility index (Phi) is 4.21. The Morgan fingerprint density at radius 2 is 1.82 bits per heavy atom. The number of rotatable bonds is 3. The second-order valence-corrected chi connectivity index (χ2v) is 7.42. The number of hydrogen-bond acceptors (Lipinski definition) is 7. The third-order valence-corrected chi connectivity index (χ3v) is 5.67. The van der Waals surface area contributed by atoms with Gasteiger partial charge in [0.2, 0.25) is 0 Å². The van der Waals surface area contributed by atoms with Crippen LogP contribution in [0.25, 0.3) is 16.0 Å². The number of fused-ring (bicyclic) bond motifs is 1. The van der Waals surface area contributed by atoms with Gasteiger partial charge < -0.3 is 9.80 Å². The molecule has 1 saturated heterocycles. The zero-order valence-corrected chi connectivity index (χ0v) is 15.8. The van der Waals surface area contributed by atoms with Gasteiger partial charge >= 0.3 is 0 Å². The molecule has 3 aromatic heterocycles. The number of nitrogens with zero attached hydrogens (tertiary/aromatic N) is 7. The minimum Gasteiger partial charge on any atom is -0.352 e. The smallest absolute Gasteiger partial charge is 0.254 e. The second-order valence-electron chi connectivity index (χ2n) is 6.53. The Bertz CT molecular complexity index is 1100. The molecule has 0 spiro atoms. The molecule has 4 heterocycles. The van der Waals surface area contributed by atoms with Crippen molar-refractivity contribution in [3.63, 3.8) is 0 Å². The lowest BCUT2D eigenvalue weighted by Crippen LogP contribution is -2.49. The summed E-state index contributed by atoms with van der Waals surface area (Å²) in [6.07, 6.45) is 5.23. The zero-order valence-electron chi connectivity index (χ0n) is 15.0. The predicted octanol–water partition coefficient (Wildman–Crippen LogP) is 2.23. The van der Waals surface area contributed by atoms with Crippen LogP contribution >= 0.6 is 11.3 Å². The summed E-state index contributed by atoms with van der Waals surface area (Å²) in [5.41, 5.74) is 3.45. The molecule has 0 radical (unpaired) electrons. The van der Waals surface area contributed by atoms with Gasteiger partial charge in [0.05, 0.1) is 15.7 Å². The lowest BCUT2D eigenvalue weighted by atomic mass is 10.1. The molecule has 1 fully saturated rings. The summed E-state index contributed by atoms with van der Waals surface area (Å²) < 4.78 is 2.85. The first-order chi connectivity index (χ1) is 13.8. The Morgan fingerprint density at radius 1 is 1.00 bits per heavy atom. The highest BCUT2D eigenvalue weighted by molar-refractivity contribution is 7.16. The van der Waals surface area contributed by atoms with Gasteiger partial charge in [-0.05, 0) is 30.3 Å². The minimum absolute atomic E-state index is 0.0662. The maximum Gasteiger partial charge on any atom is 0.254 e. The number of thiazole rings is 1. The van der Waals surface area contributed by atoms with Crippen LogP contribution in [-0.2, 0) is 0 Å². The summed E-state index contributed by atoms with van der Waals surface area (Å²) in [4.78, 5) is 25.2. The second kappa shape index (κ2) is 7.01. The molecular formula is C19H17N7OS. The van der Waals surface area contributed by atoms with Crippen LogP contribution in [0.1, 0.15) is 10.4 Å². The number of aromatic nitrogens is 5. The van der Waals surface area contributed by atoms with Crippen molar-refractivity contribution in [1.82, 2.24) is 29.6 Å². The van der Waals surface area contributed by atoms with Crippen molar-refractivity contribution in [2.45, 2.75) is 0 Å². The summed E-state index contributed by atoms with van der Waals surface area (Å²) in [6, 6.07) is 9.58. The van der Waals surface area contributed by atoms with E-state index in [1.807, 2.05) is 46.0 Å². The zero-order chi connectivity index (χ0) is 18.9. The highest BCUT2D eigenvalue weighted by Crippen LogP contribution is 2.21. The topological polar surface area (TPSA) is 80.0 Å². The fraction of sp³-hybridized carbons (Fsp3) is 0.211. The van der Waals surface area contributed by atoms with Crippen molar-refractivity contribution in [3.8, 4) is 5.82 Å². The molecule has 0 aliphatic carbocycles. The maximum atomic E-state index is 12.8. The third kappa shape index (κ3) is 3.09. The number of carbonyl (C=O) groups is 1. The largest absolute Gasteiger partial charge is 0.352 e.